The van der Waals surface area contributed by atoms with Crippen molar-refractivity contribution >= 4 is 23.3 Å². The summed E-state index contributed by atoms with van der Waals surface area (Å²) in [6, 6.07) is 14.9. The van der Waals surface area contributed by atoms with Crippen LogP contribution in [0.3, 0.4) is 0 Å². The molecule has 30 heavy (non-hydrogen) atoms. The molecule has 1 aromatic heterocycles. The summed E-state index contributed by atoms with van der Waals surface area (Å²) in [5.41, 5.74) is 1.39. The van der Waals surface area contributed by atoms with Crippen LogP contribution in [0, 0.1) is 11.2 Å². The van der Waals surface area contributed by atoms with Crippen LogP contribution in [0.25, 0.3) is 5.69 Å². The first-order valence-corrected chi connectivity index (χ1v) is 9.46. The van der Waals surface area contributed by atoms with E-state index in [0.29, 0.717) is 17.1 Å². The maximum absolute atomic E-state index is 14.8. The third-order valence-electron chi connectivity index (χ3n) is 4.78. The molecular weight excluding hydrogens is 388 g/mol. The van der Waals surface area contributed by atoms with Crippen molar-refractivity contribution < 1.29 is 8.78 Å². The first-order chi connectivity index (χ1) is 14.5. The van der Waals surface area contributed by atoms with Crippen LogP contribution in [0.4, 0.5) is 20.2 Å². The maximum atomic E-state index is 14.8. The normalized spacial score (nSPS) is 14.5. The van der Waals surface area contributed by atoms with E-state index in [-0.39, 0.29) is 36.3 Å². The van der Waals surface area contributed by atoms with Gasteiger partial charge in [-0.2, -0.15) is 5.10 Å². The molecule has 0 radical (unpaired) electrons. The van der Waals surface area contributed by atoms with E-state index < -0.39 is 12.0 Å². The van der Waals surface area contributed by atoms with Crippen LogP contribution in [0.15, 0.2) is 70.6 Å². The van der Waals surface area contributed by atoms with Gasteiger partial charge in [-0.3, -0.25) is 9.79 Å². The molecular formula is C22H19F2N5O. The molecule has 1 saturated heterocycles. The fourth-order valence-electron chi connectivity index (χ4n) is 3.21. The number of nitrogens with zero attached hydrogens (tertiary/aromatic N) is 4. The van der Waals surface area contributed by atoms with Gasteiger partial charge in [0.2, 0.25) is 5.43 Å². The third-order valence-corrected chi connectivity index (χ3v) is 4.78. The van der Waals surface area contributed by atoms with Crippen molar-refractivity contribution in [2.75, 3.05) is 18.0 Å². The second-order valence-corrected chi connectivity index (χ2v) is 6.91. The van der Waals surface area contributed by atoms with Gasteiger partial charge >= 0.3 is 0 Å². The predicted octanol–water partition coefficient (Wildman–Crippen LogP) is 3.69. The first kappa shape index (κ1) is 19.6. The average Bonchev–Trinajstić information content (AvgIpc) is 2.72. The van der Waals surface area contributed by atoms with Crippen molar-refractivity contribution in [1.29, 1.82) is 5.41 Å². The number of halogens is 2. The molecule has 0 bridgehead atoms. The SMILES string of the molecule is N=CCC(=Nc1ccccc1)c1nn(-c2ccc(N3CC(F)C3)cc2F)ccc1=O. The van der Waals surface area contributed by atoms with Crippen LogP contribution in [0.5, 0.6) is 0 Å². The molecule has 1 aliphatic heterocycles. The van der Waals surface area contributed by atoms with Gasteiger partial charge in [0, 0.05) is 30.6 Å². The van der Waals surface area contributed by atoms with Crippen molar-refractivity contribution in [3.63, 3.8) is 0 Å². The molecule has 0 saturated carbocycles. The zero-order chi connectivity index (χ0) is 21.1. The average molecular weight is 407 g/mol. The van der Waals surface area contributed by atoms with Crippen molar-refractivity contribution in [3.05, 3.63) is 82.5 Å². The van der Waals surface area contributed by atoms with E-state index in [1.807, 2.05) is 18.2 Å². The highest BCUT2D eigenvalue weighted by Crippen LogP contribution is 2.25. The molecule has 3 aromatic rings. The molecule has 2 aromatic carbocycles. The van der Waals surface area contributed by atoms with Gasteiger partial charge in [-0.25, -0.2) is 13.5 Å². The maximum Gasteiger partial charge on any atom is 0.209 e. The lowest BCUT2D eigenvalue weighted by atomic mass is 10.1. The molecule has 4 rings (SSSR count). The van der Waals surface area contributed by atoms with Crippen molar-refractivity contribution in [2.45, 2.75) is 12.6 Å². The van der Waals surface area contributed by atoms with Crippen molar-refractivity contribution in [1.82, 2.24) is 9.78 Å². The van der Waals surface area contributed by atoms with Gasteiger partial charge in [0.1, 0.15) is 11.9 Å². The Labute approximate surface area is 171 Å². The number of rotatable bonds is 6. The van der Waals surface area contributed by atoms with Crippen LogP contribution in [-0.4, -0.2) is 41.0 Å². The summed E-state index contributed by atoms with van der Waals surface area (Å²) in [5, 5.41) is 11.7. The molecule has 0 spiro atoms. The Morgan fingerprint density at radius 3 is 2.63 bits per heavy atom. The number of aliphatic imine (C=N–C) groups is 1. The Hall–Kier alpha value is -3.68. The number of aromatic nitrogens is 2. The monoisotopic (exact) mass is 407 g/mol. The number of alkyl halides is 1. The van der Waals surface area contributed by atoms with Gasteiger partial charge in [-0.15, -0.1) is 0 Å². The Morgan fingerprint density at radius 2 is 1.97 bits per heavy atom. The zero-order valence-corrected chi connectivity index (χ0v) is 16.0. The molecule has 0 unspecified atom stereocenters. The van der Waals surface area contributed by atoms with E-state index >= 15 is 0 Å². The van der Waals surface area contributed by atoms with Gasteiger partial charge in [0.05, 0.1) is 24.5 Å². The molecule has 1 fully saturated rings. The predicted molar refractivity (Wildman–Crippen MR) is 113 cm³/mol. The highest BCUT2D eigenvalue weighted by molar-refractivity contribution is 6.06. The van der Waals surface area contributed by atoms with E-state index in [2.05, 4.69) is 10.1 Å². The molecule has 0 aliphatic carbocycles. The fourth-order valence-corrected chi connectivity index (χ4v) is 3.21. The second kappa shape index (κ2) is 8.36. The highest BCUT2D eigenvalue weighted by Gasteiger charge is 2.27. The highest BCUT2D eigenvalue weighted by atomic mass is 19.1. The lowest BCUT2D eigenvalue weighted by molar-refractivity contribution is 0.274. The summed E-state index contributed by atoms with van der Waals surface area (Å²) in [6.45, 7) is 0.504. The quantitative estimate of drug-likeness (QED) is 0.634. The topological polar surface area (TPSA) is 74.3 Å². The number of anilines is 1. The minimum atomic E-state index is -0.882. The second-order valence-electron chi connectivity index (χ2n) is 6.91. The molecule has 0 atom stereocenters. The van der Waals surface area contributed by atoms with Gasteiger partial charge in [-0.1, -0.05) is 18.2 Å². The molecule has 152 valence electrons. The largest absolute Gasteiger partial charge is 0.365 e. The molecule has 8 heteroatoms. The van der Waals surface area contributed by atoms with Gasteiger partial charge in [-0.05, 0) is 30.3 Å². The summed E-state index contributed by atoms with van der Waals surface area (Å²) < 4.78 is 29.1. The van der Waals surface area contributed by atoms with Crippen LogP contribution in [-0.2, 0) is 0 Å². The first-order valence-electron chi connectivity index (χ1n) is 9.46. The summed E-state index contributed by atoms with van der Waals surface area (Å²) in [7, 11) is 0. The van der Waals surface area contributed by atoms with E-state index in [9.17, 15) is 13.6 Å². The van der Waals surface area contributed by atoms with Crippen LogP contribution < -0.4 is 10.3 Å². The molecule has 2 heterocycles. The number of para-hydroxylation sites is 1. The summed E-state index contributed by atoms with van der Waals surface area (Å²) in [4.78, 5) is 18.6. The summed E-state index contributed by atoms with van der Waals surface area (Å²) >= 11 is 0. The molecule has 1 N–H and O–H groups in total. The zero-order valence-electron chi connectivity index (χ0n) is 16.0. The standard InChI is InChI=1S/C22H19F2N5O/c23-15-13-28(14-15)17-6-7-20(18(24)12-17)29-11-9-21(30)22(27-29)19(8-10-25)26-16-4-2-1-3-5-16/h1-7,9-12,15,25H,8,13-14H2. The van der Waals surface area contributed by atoms with Gasteiger partial charge in [0.25, 0.3) is 0 Å². The van der Waals surface area contributed by atoms with E-state index in [1.165, 1.54) is 23.0 Å². The molecule has 1 aliphatic rings. The smallest absolute Gasteiger partial charge is 0.209 e. The van der Waals surface area contributed by atoms with E-state index in [4.69, 9.17) is 5.41 Å². The fraction of sp³-hybridized carbons (Fsp3) is 0.182. The third kappa shape index (κ3) is 4.03. The number of hydrogen-bond donors (Lipinski definition) is 1. The van der Waals surface area contributed by atoms with Gasteiger partial charge < -0.3 is 10.3 Å². The Balaban J connectivity index is 1.71. The van der Waals surface area contributed by atoms with Crippen molar-refractivity contribution in [3.8, 4) is 5.69 Å². The van der Waals surface area contributed by atoms with Gasteiger partial charge in [0.15, 0.2) is 11.5 Å². The minimum absolute atomic E-state index is 0.0522. The number of hydrogen-bond acceptors (Lipinski definition) is 5. The van der Waals surface area contributed by atoms with E-state index in [1.54, 1.807) is 29.2 Å². The molecule has 6 nitrogen and oxygen atoms in total. The molecule has 0 amide bonds. The lowest BCUT2D eigenvalue weighted by Crippen LogP contribution is -2.48. The Morgan fingerprint density at radius 1 is 1.20 bits per heavy atom. The number of benzene rings is 2. The lowest BCUT2D eigenvalue weighted by Gasteiger charge is -2.36. The van der Waals surface area contributed by atoms with Crippen LogP contribution in [0.2, 0.25) is 0 Å². The Kier molecular flexibility index (Phi) is 5.47. The van der Waals surface area contributed by atoms with Crippen molar-refractivity contribution in [2.24, 2.45) is 4.99 Å². The van der Waals surface area contributed by atoms with Crippen LogP contribution >= 0.6 is 0 Å². The summed E-state index contributed by atoms with van der Waals surface area (Å²) in [6.07, 6.45) is 1.76. The summed E-state index contributed by atoms with van der Waals surface area (Å²) in [5.74, 6) is -0.537. The van der Waals surface area contributed by atoms with Crippen LogP contribution in [0.1, 0.15) is 12.1 Å². The Bertz CT molecular complexity index is 1150. The minimum Gasteiger partial charge on any atom is -0.365 e. The number of nitrogens with one attached hydrogen (secondary N) is 1. The van der Waals surface area contributed by atoms with E-state index in [0.717, 1.165) is 6.21 Å².